The maximum atomic E-state index is 12.1. The van der Waals surface area contributed by atoms with E-state index in [1.807, 2.05) is 48.5 Å². The minimum absolute atomic E-state index is 0.00654. The van der Waals surface area contributed by atoms with Crippen molar-refractivity contribution < 1.29 is 9.21 Å². The lowest BCUT2D eigenvalue weighted by Gasteiger charge is -2.05. The first-order chi connectivity index (χ1) is 13.2. The highest BCUT2D eigenvalue weighted by Gasteiger charge is 2.13. The van der Waals surface area contributed by atoms with Crippen LogP contribution < -0.4 is 5.32 Å². The van der Waals surface area contributed by atoms with Gasteiger partial charge in [-0.1, -0.05) is 35.9 Å². The number of hydrogen-bond donors (Lipinski definition) is 1. The molecular formula is C20H15ClN4O2. The van der Waals surface area contributed by atoms with Gasteiger partial charge in [0.2, 0.25) is 17.7 Å². The van der Waals surface area contributed by atoms with E-state index in [1.165, 1.54) is 0 Å². The maximum absolute atomic E-state index is 12.1. The molecule has 7 heteroatoms. The predicted octanol–water partition coefficient (Wildman–Crippen LogP) is 3.80. The van der Waals surface area contributed by atoms with Gasteiger partial charge in [-0.2, -0.15) is 0 Å². The van der Waals surface area contributed by atoms with E-state index in [9.17, 15) is 4.79 Å². The number of nitrogens with one attached hydrogen (secondary N) is 1. The van der Waals surface area contributed by atoms with Crippen molar-refractivity contribution in [2.24, 2.45) is 0 Å². The summed E-state index contributed by atoms with van der Waals surface area (Å²) in [4.78, 5) is 16.4. The second kappa shape index (κ2) is 7.55. The lowest BCUT2D eigenvalue weighted by molar-refractivity contribution is -0.120. The zero-order valence-electron chi connectivity index (χ0n) is 14.2. The largest absolute Gasteiger partial charge is 0.420 e. The Bertz CT molecular complexity index is 1110. The van der Waals surface area contributed by atoms with Crippen LogP contribution in [0.4, 0.5) is 0 Å². The average Bonchev–Trinajstić information content (AvgIpc) is 3.15. The third-order valence-electron chi connectivity index (χ3n) is 4.06. The van der Waals surface area contributed by atoms with Crippen LogP contribution in [0.1, 0.15) is 11.5 Å². The van der Waals surface area contributed by atoms with E-state index in [1.54, 1.807) is 12.3 Å². The molecule has 0 saturated carbocycles. The fraction of sp³-hybridized carbons (Fsp3) is 0.100. The van der Waals surface area contributed by atoms with Crippen LogP contribution >= 0.6 is 11.6 Å². The van der Waals surface area contributed by atoms with Gasteiger partial charge in [-0.05, 0) is 35.9 Å². The van der Waals surface area contributed by atoms with Crippen molar-refractivity contribution in [2.75, 3.05) is 0 Å². The number of fused-ring (bicyclic) bond motifs is 1. The highest BCUT2D eigenvalue weighted by molar-refractivity contribution is 6.31. The van der Waals surface area contributed by atoms with Crippen LogP contribution in [0, 0.1) is 0 Å². The summed E-state index contributed by atoms with van der Waals surface area (Å²) < 4.78 is 5.64. The topological polar surface area (TPSA) is 80.9 Å². The van der Waals surface area contributed by atoms with Crippen LogP contribution in [-0.4, -0.2) is 21.1 Å². The van der Waals surface area contributed by atoms with Crippen LogP contribution in [0.15, 0.2) is 65.2 Å². The zero-order valence-corrected chi connectivity index (χ0v) is 15.0. The van der Waals surface area contributed by atoms with Crippen molar-refractivity contribution in [1.29, 1.82) is 0 Å². The Labute approximate surface area is 160 Å². The lowest BCUT2D eigenvalue weighted by Crippen LogP contribution is -2.24. The molecule has 4 aromatic rings. The van der Waals surface area contributed by atoms with E-state index in [4.69, 9.17) is 16.0 Å². The third-order valence-corrected chi connectivity index (χ3v) is 4.43. The number of aromatic nitrogens is 3. The monoisotopic (exact) mass is 378 g/mol. The van der Waals surface area contributed by atoms with E-state index in [2.05, 4.69) is 20.5 Å². The smallest absolute Gasteiger partial charge is 0.247 e. The molecule has 2 heterocycles. The molecule has 0 fully saturated rings. The van der Waals surface area contributed by atoms with Gasteiger partial charge in [0.05, 0.1) is 5.52 Å². The summed E-state index contributed by atoms with van der Waals surface area (Å²) in [5, 5.41) is 12.4. The normalized spacial score (nSPS) is 10.9. The number of rotatable bonds is 5. The lowest BCUT2D eigenvalue weighted by atomic mass is 10.1. The number of nitrogens with zero attached hydrogens (tertiary/aromatic N) is 3. The Morgan fingerprint density at radius 1 is 1.07 bits per heavy atom. The first kappa shape index (κ1) is 17.2. The molecule has 0 atom stereocenters. The average molecular weight is 379 g/mol. The minimum Gasteiger partial charge on any atom is -0.420 e. The second-order valence-corrected chi connectivity index (χ2v) is 6.36. The van der Waals surface area contributed by atoms with E-state index >= 15 is 0 Å². The summed E-state index contributed by atoms with van der Waals surface area (Å²) in [5.74, 6) is 0.412. The minimum atomic E-state index is -0.215. The molecule has 6 nitrogen and oxygen atoms in total. The second-order valence-electron chi connectivity index (χ2n) is 5.96. The molecule has 0 aliphatic rings. The molecule has 4 rings (SSSR count). The molecule has 27 heavy (non-hydrogen) atoms. The standard InChI is InChI=1S/C20H15ClN4O2/c21-16-6-2-1-4-15(16)12-23-18(26)11-19-24-25-20(27-19)14-7-8-17-13(10-14)5-3-9-22-17/h1-10H,11-12H2,(H,23,26). The molecule has 2 aromatic carbocycles. The fourth-order valence-corrected chi connectivity index (χ4v) is 2.89. The van der Waals surface area contributed by atoms with Gasteiger partial charge in [-0.25, -0.2) is 0 Å². The van der Waals surface area contributed by atoms with Crippen molar-refractivity contribution in [1.82, 2.24) is 20.5 Å². The van der Waals surface area contributed by atoms with Gasteiger partial charge >= 0.3 is 0 Å². The summed E-state index contributed by atoms with van der Waals surface area (Å²) in [6, 6.07) is 16.9. The van der Waals surface area contributed by atoms with E-state index in [0.29, 0.717) is 17.5 Å². The molecule has 134 valence electrons. The van der Waals surface area contributed by atoms with Crippen molar-refractivity contribution in [3.8, 4) is 11.5 Å². The number of pyridine rings is 1. The van der Waals surface area contributed by atoms with Gasteiger partial charge in [-0.3, -0.25) is 9.78 Å². The van der Waals surface area contributed by atoms with Gasteiger partial charge in [0.15, 0.2) is 0 Å². The molecule has 1 N–H and O–H groups in total. The molecule has 2 aromatic heterocycles. The van der Waals surface area contributed by atoms with Crippen LogP contribution in [0.2, 0.25) is 5.02 Å². The van der Waals surface area contributed by atoms with E-state index < -0.39 is 0 Å². The summed E-state index contributed by atoms with van der Waals surface area (Å²) in [6.07, 6.45) is 1.75. The zero-order chi connectivity index (χ0) is 18.6. The molecule has 1 amide bonds. The Hall–Kier alpha value is -3.25. The molecular weight excluding hydrogens is 364 g/mol. The molecule has 0 saturated heterocycles. The number of carbonyl (C=O) groups is 1. The van der Waals surface area contributed by atoms with Crippen LogP contribution in [0.5, 0.6) is 0 Å². The molecule has 0 aliphatic carbocycles. The number of hydrogen-bond acceptors (Lipinski definition) is 5. The van der Waals surface area contributed by atoms with E-state index in [0.717, 1.165) is 22.0 Å². The van der Waals surface area contributed by atoms with Gasteiger partial charge in [0.25, 0.3) is 0 Å². The number of benzene rings is 2. The number of amides is 1. The van der Waals surface area contributed by atoms with Crippen molar-refractivity contribution in [3.05, 3.63) is 77.3 Å². The summed E-state index contributed by atoms with van der Waals surface area (Å²) >= 11 is 6.08. The van der Waals surface area contributed by atoms with Crippen molar-refractivity contribution >= 4 is 28.4 Å². The highest BCUT2D eigenvalue weighted by atomic mass is 35.5. The SMILES string of the molecule is O=C(Cc1nnc(-c2ccc3ncccc3c2)o1)NCc1ccccc1Cl. The molecule has 0 radical (unpaired) electrons. The summed E-state index contributed by atoms with van der Waals surface area (Å²) in [6.45, 7) is 0.344. The molecule has 0 bridgehead atoms. The van der Waals surface area contributed by atoms with Gasteiger partial charge in [0.1, 0.15) is 6.42 Å². The quantitative estimate of drug-likeness (QED) is 0.571. The Kier molecular flexibility index (Phi) is 4.80. The predicted molar refractivity (Wildman–Crippen MR) is 102 cm³/mol. The van der Waals surface area contributed by atoms with E-state index in [-0.39, 0.29) is 18.2 Å². The molecule has 0 aliphatic heterocycles. The Balaban J connectivity index is 1.42. The summed E-state index contributed by atoms with van der Waals surface area (Å²) in [5.41, 5.74) is 2.52. The van der Waals surface area contributed by atoms with Gasteiger partial charge in [0, 0.05) is 28.7 Å². The van der Waals surface area contributed by atoms with Crippen LogP contribution in [-0.2, 0) is 17.8 Å². The highest BCUT2D eigenvalue weighted by Crippen LogP contribution is 2.22. The Morgan fingerprint density at radius 2 is 1.96 bits per heavy atom. The van der Waals surface area contributed by atoms with Crippen LogP contribution in [0.3, 0.4) is 0 Å². The maximum Gasteiger partial charge on any atom is 0.247 e. The van der Waals surface area contributed by atoms with Crippen molar-refractivity contribution in [2.45, 2.75) is 13.0 Å². The Morgan fingerprint density at radius 3 is 2.85 bits per heavy atom. The third kappa shape index (κ3) is 3.96. The first-order valence-electron chi connectivity index (χ1n) is 8.37. The molecule has 0 unspecified atom stereocenters. The summed E-state index contributed by atoms with van der Waals surface area (Å²) in [7, 11) is 0. The van der Waals surface area contributed by atoms with Crippen LogP contribution in [0.25, 0.3) is 22.4 Å². The van der Waals surface area contributed by atoms with Gasteiger partial charge < -0.3 is 9.73 Å². The van der Waals surface area contributed by atoms with Crippen molar-refractivity contribution in [3.63, 3.8) is 0 Å². The first-order valence-corrected chi connectivity index (χ1v) is 8.74. The molecule has 0 spiro atoms. The number of carbonyl (C=O) groups excluding carboxylic acids is 1. The van der Waals surface area contributed by atoms with Gasteiger partial charge in [-0.15, -0.1) is 10.2 Å². The number of halogens is 1. The fourth-order valence-electron chi connectivity index (χ4n) is 2.69.